The molecule has 0 aliphatic carbocycles. The van der Waals surface area contributed by atoms with Gasteiger partial charge in [0.15, 0.2) is 0 Å². The summed E-state index contributed by atoms with van der Waals surface area (Å²) < 4.78 is 31.9. The molecule has 0 amide bonds. The van der Waals surface area contributed by atoms with Crippen LogP contribution in [0, 0.1) is 11.6 Å². The molecule has 0 aromatic heterocycles. The average Bonchev–Trinajstić information content (AvgIpc) is 2.77. The van der Waals surface area contributed by atoms with Crippen molar-refractivity contribution in [3.8, 4) is 0 Å². The molecule has 80 valence electrons. The lowest BCUT2D eigenvalue weighted by molar-refractivity contribution is 0.181. The van der Waals surface area contributed by atoms with E-state index >= 15 is 0 Å². The normalized spacial score (nSPS) is 28.1. The molecule has 1 N–H and O–H groups in total. The van der Waals surface area contributed by atoms with Crippen LogP contribution >= 0.6 is 0 Å². The Bertz CT molecular complexity index is 413. The van der Waals surface area contributed by atoms with E-state index in [2.05, 4.69) is 5.32 Å². The van der Waals surface area contributed by atoms with E-state index in [1.807, 2.05) is 0 Å². The van der Waals surface area contributed by atoms with Crippen molar-refractivity contribution in [3.05, 3.63) is 29.3 Å². The first-order chi connectivity index (χ1) is 7.21. The number of halogens is 2. The molecular formula is C11H11F2NO. The fourth-order valence-electron chi connectivity index (χ4n) is 2.48. The van der Waals surface area contributed by atoms with Crippen molar-refractivity contribution < 1.29 is 13.5 Å². The molecule has 2 aliphatic rings. The van der Waals surface area contributed by atoms with E-state index in [1.54, 1.807) is 0 Å². The second kappa shape index (κ2) is 2.92. The minimum atomic E-state index is -0.513. The topological polar surface area (TPSA) is 21.3 Å². The SMILES string of the molecule is Fc1cc(F)c2c(c1)C1(CCOC1)CN2. The van der Waals surface area contributed by atoms with Gasteiger partial charge in [-0.25, -0.2) is 8.78 Å². The molecule has 2 heterocycles. The molecule has 3 rings (SSSR count). The molecule has 2 aliphatic heterocycles. The third-order valence-electron chi connectivity index (χ3n) is 3.33. The highest BCUT2D eigenvalue weighted by molar-refractivity contribution is 5.61. The highest BCUT2D eigenvalue weighted by Crippen LogP contribution is 2.43. The summed E-state index contributed by atoms with van der Waals surface area (Å²) in [6.07, 6.45) is 0.829. The Kier molecular flexibility index (Phi) is 1.77. The van der Waals surface area contributed by atoms with Crippen LogP contribution in [-0.2, 0) is 10.2 Å². The van der Waals surface area contributed by atoms with Crippen LogP contribution in [-0.4, -0.2) is 19.8 Å². The number of fused-ring (bicyclic) bond motifs is 2. The van der Waals surface area contributed by atoms with Gasteiger partial charge in [-0.3, -0.25) is 0 Å². The molecule has 4 heteroatoms. The quantitative estimate of drug-likeness (QED) is 0.709. The third-order valence-corrected chi connectivity index (χ3v) is 3.33. The highest BCUT2D eigenvalue weighted by atomic mass is 19.1. The number of ether oxygens (including phenoxy) is 1. The van der Waals surface area contributed by atoms with E-state index in [9.17, 15) is 8.78 Å². The van der Waals surface area contributed by atoms with Gasteiger partial charge in [0.2, 0.25) is 0 Å². The van der Waals surface area contributed by atoms with Crippen LogP contribution in [0.3, 0.4) is 0 Å². The van der Waals surface area contributed by atoms with Crippen molar-refractivity contribution in [2.75, 3.05) is 25.1 Å². The Morgan fingerprint density at radius 3 is 2.93 bits per heavy atom. The number of benzene rings is 1. The van der Waals surface area contributed by atoms with Gasteiger partial charge in [0.05, 0.1) is 12.3 Å². The maximum Gasteiger partial charge on any atom is 0.149 e. The monoisotopic (exact) mass is 211 g/mol. The summed E-state index contributed by atoms with van der Waals surface area (Å²) in [4.78, 5) is 0. The number of nitrogens with one attached hydrogen (secondary N) is 1. The molecule has 2 nitrogen and oxygen atoms in total. The fourth-order valence-corrected chi connectivity index (χ4v) is 2.48. The molecule has 1 unspecified atom stereocenters. The summed E-state index contributed by atoms with van der Waals surface area (Å²) in [6.45, 7) is 1.86. The van der Waals surface area contributed by atoms with Crippen molar-refractivity contribution in [2.45, 2.75) is 11.8 Å². The first-order valence-corrected chi connectivity index (χ1v) is 5.02. The zero-order valence-corrected chi connectivity index (χ0v) is 8.15. The van der Waals surface area contributed by atoms with E-state index in [1.165, 1.54) is 6.07 Å². The van der Waals surface area contributed by atoms with Gasteiger partial charge in [-0.1, -0.05) is 0 Å². The lowest BCUT2D eigenvalue weighted by Crippen LogP contribution is -2.28. The molecule has 1 saturated heterocycles. The van der Waals surface area contributed by atoms with Crippen LogP contribution in [0.15, 0.2) is 12.1 Å². The number of anilines is 1. The zero-order valence-electron chi connectivity index (χ0n) is 8.15. The second-order valence-corrected chi connectivity index (χ2v) is 4.25. The van der Waals surface area contributed by atoms with Crippen LogP contribution in [0.25, 0.3) is 0 Å². The van der Waals surface area contributed by atoms with Crippen molar-refractivity contribution in [1.29, 1.82) is 0 Å². The van der Waals surface area contributed by atoms with Crippen molar-refractivity contribution in [2.24, 2.45) is 0 Å². The van der Waals surface area contributed by atoms with Gasteiger partial charge in [-0.2, -0.15) is 0 Å². The molecular weight excluding hydrogens is 200 g/mol. The standard InChI is InChI=1S/C11H11F2NO/c12-7-3-8-10(9(13)4-7)14-5-11(8)1-2-15-6-11/h3-4,14H,1-2,5-6H2. The van der Waals surface area contributed by atoms with E-state index in [4.69, 9.17) is 4.74 Å². The van der Waals surface area contributed by atoms with Gasteiger partial charge in [0, 0.05) is 24.6 Å². The Balaban J connectivity index is 2.16. The average molecular weight is 211 g/mol. The lowest BCUT2D eigenvalue weighted by atomic mass is 9.82. The smallest absolute Gasteiger partial charge is 0.149 e. The van der Waals surface area contributed by atoms with Crippen molar-refractivity contribution in [1.82, 2.24) is 0 Å². The molecule has 1 aromatic carbocycles. The van der Waals surface area contributed by atoms with E-state index in [0.29, 0.717) is 25.4 Å². The van der Waals surface area contributed by atoms with Crippen LogP contribution < -0.4 is 5.32 Å². The zero-order chi connectivity index (χ0) is 10.5. The summed E-state index contributed by atoms with van der Waals surface area (Å²) in [5.74, 6) is -1.02. The molecule has 0 radical (unpaired) electrons. The van der Waals surface area contributed by atoms with Crippen LogP contribution in [0.5, 0.6) is 0 Å². The van der Waals surface area contributed by atoms with E-state index < -0.39 is 11.6 Å². The van der Waals surface area contributed by atoms with Gasteiger partial charge in [-0.05, 0) is 18.1 Å². The summed E-state index contributed by atoms with van der Waals surface area (Å²) >= 11 is 0. The Labute approximate surface area is 86.2 Å². The number of hydrogen-bond acceptors (Lipinski definition) is 2. The summed E-state index contributed by atoms with van der Waals surface area (Å²) in [5, 5.41) is 3.01. The molecule has 1 fully saturated rings. The molecule has 1 aromatic rings. The van der Waals surface area contributed by atoms with E-state index in [0.717, 1.165) is 18.1 Å². The maximum absolute atomic E-state index is 13.4. The molecule has 0 bridgehead atoms. The number of rotatable bonds is 0. The van der Waals surface area contributed by atoms with Crippen LogP contribution in [0.1, 0.15) is 12.0 Å². The Morgan fingerprint density at radius 2 is 2.20 bits per heavy atom. The van der Waals surface area contributed by atoms with Gasteiger partial charge in [0.1, 0.15) is 11.6 Å². The van der Waals surface area contributed by atoms with Gasteiger partial charge >= 0.3 is 0 Å². The fraction of sp³-hybridized carbons (Fsp3) is 0.455. The molecule has 1 spiro atoms. The Hall–Kier alpha value is -1.16. The second-order valence-electron chi connectivity index (χ2n) is 4.25. The predicted molar refractivity (Wildman–Crippen MR) is 52.0 cm³/mol. The molecule has 15 heavy (non-hydrogen) atoms. The summed E-state index contributed by atoms with van der Waals surface area (Å²) in [7, 11) is 0. The lowest BCUT2D eigenvalue weighted by Gasteiger charge is -2.20. The number of hydrogen-bond donors (Lipinski definition) is 1. The first-order valence-electron chi connectivity index (χ1n) is 5.02. The van der Waals surface area contributed by atoms with Crippen LogP contribution in [0.2, 0.25) is 0 Å². The van der Waals surface area contributed by atoms with Gasteiger partial charge in [0.25, 0.3) is 0 Å². The minimum Gasteiger partial charge on any atom is -0.381 e. The van der Waals surface area contributed by atoms with E-state index in [-0.39, 0.29) is 5.41 Å². The third kappa shape index (κ3) is 1.17. The molecule has 1 atom stereocenters. The highest BCUT2D eigenvalue weighted by Gasteiger charge is 2.43. The summed E-state index contributed by atoms with van der Waals surface area (Å²) in [6, 6.07) is 2.34. The first kappa shape index (κ1) is 9.09. The van der Waals surface area contributed by atoms with Gasteiger partial charge in [-0.15, -0.1) is 0 Å². The Morgan fingerprint density at radius 1 is 1.33 bits per heavy atom. The molecule has 0 saturated carbocycles. The summed E-state index contributed by atoms with van der Waals surface area (Å²) in [5.41, 5.74) is 0.970. The van der Waals surface area contributed by atoms with Crippen molar-refractivity contribution >= 4 is 5.69 Å². The largest absolute Gasteiger partial charge is 0.381 e. The van der Waals surface area contributed by atoms with Crippen molar-refractivity contribution in [3.63, 3.8) is 0 Å². The minimum absolute atomic E-state index is 0.210. The van der Waals surface area contributed by atoms with Gasteiger partial charge < -0.3 is 10.1 Å². The predicted octanol–water partition coefficient (Wildman–Crippen LogP) is 2.05. The maximum atomic E-state index is 13.4. The van der Waals surface area contributed by atoms with Crippen LogP contribution in [0.4, 0.5) is 14.5 Å².